The molecule has 0 aliphatic heterocycles. The quantitative estimate of drug-likeness (QED) is 0.176. The number of aromatic nitrogens is 1. The molecule has 4 aliphatic carbocycles. The van der Waals surface area contributed by atoms with Gasteiger partial charge in [0.1, 0.15) is 11.1 Å². The molecule has 2 atom stereocenters. The molecule has 0 saturated heterocycles. The van der Waals surface area contributed by atoms with Crippen molar-refractivity contribution in [1.29, 1.82) is 0 Å². The van der Waals surface area contributed by atoms with Crippen molar-refractivity contribution in [3.8, 4) is 0 Å². The molecule has 7 rings (SSSR count). The van der Waals surface area contributed by atoms with Crippen LogP contribution in [0.2, 0.25) is 0 Å². The average molecular weight is 601 g/mol. The van der Waals surface area contributed by atoms with Gasteiger partial charge in [-0.1, -0.05) is 48.5 Å². The minimum atomic E-state index is -1.30. The van der Waals surface area contributed by atoms with Crippen molar-refractivity contribution in [1.82, 2.24) is 20.9 Å². The third kappa shape index (κ3) is 6.93. The monoisotopic (exact) mass is 600 g/mol. The van der Waals surface area contributed by atoms with Crippen LogP contribution in [0.1, 0.15) is 63.0 Å². The number of ether oxygens (including phenoxy) is 1. The molecule has 0 spiro atoms. The zero-order valence-electron chi connectivity index (χ0n) is 25.4. The van der Waals surface area contributed by atoms with Crippen LogP contribution < -0.4 is 16.0 Å². The summed E-state index contributed by atoms with van der Waals surface area (Å²) in [5.74, 6) is 0.654. The topological polar surface area (TPSA) is 133 Å². The van der Waals surface area contributed by atoms with E-state index in [0.717, 1.165) is 41.3 Å². The van der Waals surface area contributed by atoms with Crippen molar-refractivity contribution in [2.24, 2.45) is 17.8 Å². The Morgan fingerprint density at radius 3 is 2.34 bits per heavy atom. The number of fused-ring (bicyclic) bond motifs is 1. The van der Waals surface area contributed by atoms with Crippen LogP contribution in [0.4, 0.5) is 4.79 Å². The van der Waals surface area contributed by atoms with E-state index in [1.54, 1.807) is 6.92 Å². The largest absolute Gasteiger partial charge is 0.480 e. The summed E-state index contributed by atoms with van der Waals surface area (Å²) in [6, 6.07) is 17.5. The fourth-order valence-corrected chi connectivity index (χ4v) is 8.38. The number of carboxylic acid groups (broad SMARTS) is 1. The first-order valence-electron chi connectivity index (χ1n) is 16.0. The lowest BCUT2D eigenvalue weighted by Crippen LogP contribution is -2.62. The second-order valence-corrected chi connectivity index (χ2v) is 13.7. The van der Waals surface area contributed by atoms with Gasteiger partial charge in [0, 0.05) is 29.6 Å². The van der Waals surface area contributed by atoms with Crippen LogP contribution in [0.15, 0.2) is 60.8 Å². The summed E-state index contributed by atoms with van der Waals surface area (Å²) in [6.07, 6.45) is 9.22. The van der Waals surface area contributed by atoms with Crippen LogP contribution in [-0.4, -0.2) is 58.3 Å². The number of benzene rings is 2. The van der Waals surface area contributed by atoms with Crippen molar-refractivity contribution in [2.45, 2.75) is 81.9 Å². The number of alkyl carbamates (subject to hydrolysis) is 1. The summed E-state index contributed by atoms with van der Waals surface area (Å²) < 4.78 is 6.30. The molecule has 5 N–H and O–H groups in total. The van der Waals surface area contributed by atoms with Crippen LogP contribution in [0.3, 0.4) is 0 Å². The Hall–Kier alpha value is -3.85. The van der Waals surface area contributed by atoms with Crippen molar-refractivity contribution in [2.75, 3.05) is 13.1 Å². The summed E-state index contributed by atoms with van der Waals surface area (Å²) in [5, 5.41) is 19.2. The van der Waals surface area contributed by atoms with Crippen LogP contribution in [0.5, 0.6) is 0 Å². The zero-order chi connectivity index (χ0) is 30.7. The lowest BCUT2D eigenvalue weighted by atomic mass is 9.54. The highest BCUT2D eigenvalue weighted by molar-refractivity contribution is 5.91. The zero-order valence-corrected chi connectivity index (χ0v) is 25.4. The fourth-order valence-electron chi connectivity index (χ4n) is 8.38. The van der Waals surface area contributed by atoms with Crippen LogP contribution in [-0.2, 0) is 27.2 Å². The molecule has 2 aromatic carbocycles. The fraction of sp³-hybridized carbons (Fsp3) is 0.514. The van der Waals surface area contributed by atoms with Gasteiger partial charge in [-0.15, -0.1) is 0 Å². The maximum Gasteiger partial charge on any atom is 0.408 e. The van der Waals surface area contributed by atoms with Gasteiger partial charge in [-0.2, -0.15) is 0 Å². The molecule has 0 unspecified atom stereocenters. The van der Waals surface area contributed by atoms with Crippen molar-refractivity contribution < 1.29 is 24.2 Å². The van der Waals surface area contributed by atoms with E-state index < -0.39 is 23.2 Å². The number of aromatic amines is 1. The Labute approximate surface area is 258 Å². The molecule has 1 heterocycles. The van der Waals surface area contributed by atoms with Gasteiger partial charge < -0.3 is 30.8 Å². The summed E-state index contributed by atoms with van der Waals surface area (Å²) in [6.45, 7) is 2.04. The Balaban J connectivity index is 1.22. The van der Waals surface area contributed by atoms with Gasteiger partial charge >= 0.3 is 12.1 Å². The Morgan fingerprint density at radius 2 is 1.66 bits per heavy atom. The van der Waals surface area contributed by atoms with Gasteiger partial charge in [-0.05, 0) is 99.8 Å². The number of H-pyrrole nitrogens is 1. The first-order chi connectivity index (χ1) is 21.2. The number of aliphatic carboxylic acids is 1. The second kappa shape index (κ2) is 12.6. The molecule has 0 radical (unpaired) electrons. The average Bonchev–Trinajstić information content (AvgIpc) is 3.36. The smallest absolute Gasteiger partial charge is 0.408 e. The normalized spacial score (nSPS) is 25.7. The summed E-state index contributed by atoms with van der Waals surface area (Å²) >= 11 is 0. The van der Waals surface area contributed by atoms with Gasteiger partial charge in [-0.25, -0.2) is 4.79 Å². The first-order valence-corrected chi connectivity index (χ1v) is 16.0. The van der Waals surface area contributed by atoms with Gasteiger partial charge in [0.15, 0.2) is 0 Å². The van der Waals surface area contributed by atoms with Crippen molar-refractivity contribution >= 4 is 28.9 Å². The molecule has 2 amide bonds. The maximum atomic E-state index is 14.3. The molecule has 4 bridgehead atoms. The molecule has 3 aromatic rings. The van der Waals surface area contributed by atoms with E-state index in [4.69, 9.17) is 9.84 Å². The predicted octanol–water partition coefficient (Wildman–Crippen LogP) is 4.96. The minimum absolute atomic E-state index is 0.151. The van der Waals surface area contributed by atoms with Crippen LogP contribution in [0.25, 0.3) is 10.9 Å². The first kappa shape index (κ1) is 30.2. The van der Waals surface area contributed by atoms with Crippen LogP contribution >= 0.6 is 0 Å². The van der Waals surface area contributed by atoms with E-state index in [9.17, 15) is 14.4 Å². The predicted molar refractivity (Wildman–Crippen MR) is 168 cm³/mol. The van der Waals surface area contributed by atoms with Gasteiger partial charge in [0.2, 0.25) is 5.91 Å². The van der Waals surface area contributed by atoms with E-state index in [1.165, 1.54) is 19.3 Å². The van der Waals surface area contributed by atoms with E-state index in [2.05, 4.69) is 20.9 Å². The standard InChI is InChI=1S/C35H44N4O5/c1-34(20-27-21-37-30-10-6-5-9-29(27)30,39-33(43)44-35-17-24-13-25(18-35)15-26(14-24)19-35)32(42)38-28(11-12-36-22-31(40)41)16-23-7-3-2-4-8-23/h2-10,21,24-26,28,36-37H,11-20,22H2,1H3,(H,38,42)(H,39,43)(H,40,41)/t24?,25?,26?,28-,34-,35?/m0/s1. The number of carbonyl (C=O) groups is 3. The number of hydrogen-bond acceptors (Lipinski definition) is 5. The Bertz CT molecular complexity index is 1450. The molecular formula is C35H44N4O5. The highest BCUT2D eigenvalue weighted by Crippen LogP contribution is 2.57. The maximum absolute atomic E-state index is 14.3. The van der Waals surface area contributed by atoms with Gasteiger partial charge in [0.25, 0.3) is 0 Å². The molecule has 9 nitrogen and oxygen atoms in total. The minimum Gasteiger partial charge on any atom is -0.480 e. The number of rotatable bonds is 13. The highest BCUT2D eigenvalue weighted by Gasteiger charge is 2.53. The van der Waals surface area contributed by atoms with Crippen LogP contribution in [0, 0.1) is 17.8 Å². The van der Waals surface area contributed by atoms with Crippen molar-refractivity contribution in [3.63, 3.8) is 0 Å². The van der Waals surface area contributed by atoms with E-state index in [-0.39, 0.29) is 24.9 Å². The Kier molecular flexibility index (Phi) is 8.67. The number of carboxylic acids is 1. The third-order valence-corrected chi connectivity index (χ3v) is 10.00. The molecule has 9 heteroatoms. The number of para-hydroxylation sites is 1. The second-order valence-electron chi connectivity index (χ2n) is 13.7. The summed E-state index contributed by atoms with van der Waals surface area (Å²) in [7, 11) is 0. The lowest BCUT2D eigenvalue weighted by molar-refractivity contribution is -0.136. The molecule has 4 aliphatic rings. The molecule has 44 heavy (non-hydrogen) atoms. The molecule has 4 fully saturated rings. The molecule has 4 saturated carbocycles. The lowest BCUT2D eigenvalue weighted by Gasteiger charge is -2.55. The van der Waals surface area contributed by atoms with E-state index in [0.29, 0.717) is 37.1 Å². The number of amides is 2. The number of carbonyl (C=O) groups excluding carboxylic acids is 2. The summed E-state index contributed by atoms with van der Waals surface area (Å²) in [5.41, 5.74) is 1.23. The molecular weight excluding hydrogens is 556 g/mol. The Morgan fingerprint density at radius 1 is 1.00 bits per heavy atom. The van der Waals surface area contributed by atoms with E-state index in [1.807, 2.05) is 60.8 Å². The van der Waals surface area contributed by atoms with Crippen molar-refractivity contribution in [3.05, 3.63) is 71.9 Å². The van der Waals surface area contributed by atoms with E-state index >= 15 is 0 Å². The van der Waals surface area contributed by atoms with Gasteiger partial charge in [-0.3, -0.25) is 9.59 Å². The third-order valence-electron chi connectivity index (χ3n) is 10.00. The molecule has 234 valence electrons. The van der Waals surface area contributed by atoms with Gasteiger partial charge in [0.05, 0.1) is 6.54 Å². The molecule has 1 aromatic heterocycles. The number of hydrogen-bond donors (Lipinski definition) is 5. The summed E-state index contributed by atoms with van der Waals surface area (Å²) in [4.78, 5) is 42.3. The highest BCUT2D eigenvalue weighted by atomic mass is 16.6. The SMILES string of the molecule is C[C@@](Cc1c[nH]c2ccccc12)(NC(=O)OC12CC3CC(CC(C3)C1)C2)C(=O)N[C@@H](CCNCC(=O)O)Cc1ccccc1. The number of nitrogens with one attached hydrogen (secondary N) is 4.